The van der Waals surface area contributed by atoms with E-state index in [2.05, 4.69) is 22.9 Å². The number of benzene rings is 1. The van der Waals surface area contributed by atoms with Gasteiger partial charge in [0.1, 0.15) is 5.75 Å². The second-order valence-corrected chi connectivity index (χ2v) is 3.69. The Bertz CT molecular complexity index is 306. The van der Waals surface area contributed by atoms with Gasteiger partial charge in [-0.1, -0.05) is 12.1 Å². The summed E-state index contributed by atoms with van der Waals surface area (Å²) < 4.78 is 0. The van der Waals surface area contributed by atoms with E-state index in [4.69, 9.17) is 0 Å². The van der Waals surface area contributed by atoms with Gasteiger partial charge in [0.15, 0.2) is 0 Å². The van der Waals surface area contributed by atoms with Gasteiger partial charge in [-0.25, -0.2) is 0 Å². The van der Waals surface area contributed by atoms with Crippen molar-refractivity contribution in [3.05, 3.63) is 24.3 Å². The highest BCUT2D eigenvalue weighted by molar-refractivity contribution is 5.57. The summed E-state index contributed by atoms with van der Waals surface area (Å²) in [7, 11) is 2.12. The predicted octanol–water partition coefficient (Wildman–Crippen LogP) is 0.944. The summed E-state index contributed by atoms with van der Waals surface area (Å²) in [5.74, 6) is 0.261. The number of phenolic OH excluding ortho intramolecular Hbond substituents is 1. The van der Waals surface area contributed by atoms with Gasteiger partial charge in [0.2, 0.25) is 0 Å². The van der Waals surface area contributed by atoms with Gasteiger partial charge in [-0.3, -0.25) is 0 Å². The van der Waals surface area contributed by atoms with E-state index in [1.165, 1.54) is 0 Å². The highest BCUT2D eigenvalue weighted by Crippen LogP contribution is 2.26. The maximum atomic E-state index is 9.62. The van der Waals surface area contributed by atoms with E-state index in [-0.39, 0.29) is 5.75 Å². The Hall–Kier alpha value is -1.22. The van der Waals surface area contributed by atoms with E-state index in [0.717, 1.165) is 31.9 Å². The van der Waals surface area contributed by atoms with Crippen molar-refractivity contribution < 1.29 is 5.11 Å². The van der Waals surface area contributed by atoms with Crippen LogP contribution in [-0.4, -0.2) is 43.2 Å². The lowest BCUT2D eigenvalue weighted by molar-refractivity contribution is 0.311. The van der Waals surface area contributed by atoms with Crippen LogP contribution in [0.15, 0.2) is 18.2 Å². The first-order valence-electron chi connectivity index (χ1n) is 4.90. The average Bonchev–Trinajstić information content (AvgIpc) is 2.20. The number of nitrogens with zero attached hydrogens (tertiary/aromatic N) is 2. The number of aromatic hydroxyl groups is 1. The predicted molar refractivity (Wildman–Crippen MR) is 56.7 cm³/mol. The molecule has 1 aromatic rings. The monoisotopic (exact) mass is 191 g/mol. The molecule has 0 saturated carbocycles. The van der Waals surface area contributed by atoms with Gasteiger partial charge in [0.05, 0.1) is 5.69 Å². The Morgan fingerprint density at radius 1 is 1.29 bits per heavy atom. The second-order valence-electron chi connectivity index (χ2n) is 3.69. The molecule has 0 atom stereocenters. The highest BCUT2D eigenvalue weighted by Gasteiger charge is 2.16. The van der Waals surface area contributed by atoms with Gasteiger partial charge in [-0.05, 0) is 13.1 Å². The molecule has 0 aliphatic carbocycles. The van der Waals surface area contributed by atoms with Gasteiger partial charge in [0.25, 0.3) is 0 Å². The van der Waals surface area contributed by atoms with E-state index in [9.17, 15) is 5.11 Å². The number of hydrogen-bond donors (Lipinski definition) is 1. The first-order chi connectivity index (χ1) is 6.77. The van der Waals surface area contributed by atoms with Crippen molar-refractivity contribution in [3.63, 3.8) is 0 Å². The van der Waals surface area contributed by atoms with Crippen molar-refractivity contribution in [2.24, 2.45) is 0 Å². The van der Waals surface area contributed by atoms with Crippen LogP contribution in [0.25, 0.3) is 0 Å². The molecule has 1 heterocycles. The molecular weight excluding hydrogens is 176 g/mol. The third-order valence-electron chi connectivity index (χ3n) is 2.66. The Balaban J connectivity index is 2.12. The summed E-state index contributed by atoms with van der Waals surface area (Å²) in [6.07, 6.45) is 0. The number of rotatable bonds is 1. The minimum absolute atomic E-state index is 0.261. The molecule has 0 bridgehead atoms. The summed E-state index contributed by atoms with van der Waals surface area (Å²) >= 11 is 0. The lowest BCUT2D eigenvalue weighted by Gasteiger charge is -2.34. The molecule has 75 valence electrons. The maximum absolute atomic E-state index is 9.62. The summed E-state index contributed by atoms with van der Waals surface area (Å²) in [5, 5.41) is 9.62. The summed E-state index contributed by atoms with van der Waals surface area (Å²) in [4.78, 5) is 4.49. The van der Waals surface area contributed by atoms with Crippen LogP contribution in [-0.2, 0) is 0 Å². The normalized spacial score (nSPS) is 18.5. The van der Waals surface area contributed by atoms with Gasteiger partial charge in [-0.15, -0.1) is 0 Å². The topological polar surface area (TPSA) is 26.7 Å². The third kappa shape index (κ3) is 1.82. The highest BCUT2D eigenvalue weighted by atomic mass is 16.3. The fourth-order valence-corrected chi connectivity index (χ4v) is 1.72. The molecule has 1 aliphatic heterocycles. The number of para-hydroxylation sites is 1. The molecule has 0 unspecified atom stereocenters. The summed E-state index contributed by atoms with van der Waals surface area (Å²) in [5.41, 5.74) is 0.903. The second kappa shape index (κ2) is 3.88. The van der Waals surface area contributed by atoms with Crippen LogP contribution < -0.4 is 4.90 Å². The quantitative estimate of drug-likeness (QED) is 0.715. The standard InChI is InChI=1S/C11H15N2O/c1-12-6-8-13(9-7-12)10-4-2-3-5-11(10)14/h2-4,14H,6-9H2,1H3. The van der Waals surface area contributed by atoms with Crippen LogP contribution in [0.4, 0.5) is 5.69 Å². The van der Waals surface area contributed by atoms with Crippen molar-refractivity contribution >= 4 is 5.69 Å². The van der Waals surface area contributed by atoms with Gasteiger partial charge >= 0.3 is 0 Å². The number of anilines is 1. The number of phenols is 1. The molecule has 1 fully saturated rings. The molecule has 0 spiro atoms. The van der Waals surface area contributed by atoms with E-state index in [0.29, 0.717) is 0 Å². The first kappa shape index (κ1) is 9.34. The Morgan fingerprint density at radius 3 is 2.64 bits per heavy atom. The zero-order chi connectivity index (χ0) is 9.97. The van der Waals surface area contributed by atoms with E-state index >= 15 is 0 Å². The number of likely N-dealkylation sites (N-methyl/N-ethyl adjacent to an activating group) is 1. The van der Waals surface area contributed by atoms with Crippen molar-refractivity contribution in [2.75, 3.05) is 38.1 Å². The fraction of sp³-hybridized carbons (Fsp3) is 0.455. The van der Waals surface area contributed by atoms with Gasteiger partial charge < -0.3 is 14.9 Å². The lowest BCUT2D eigenvalue weighted by Crippen LogP contribution is -2.44. The van der Waals surface area contributed by atoms with Crippen LogP contribution in [0.3, 0.4) is 0 Å². The molecule has 14 heavy (non-hydrogen) atoms. The Labute approximate surface area is 84.6 Å². The third-order valence-corrected chi connectivity index (χ3v) is 2.66. The van der Waals surface area contributed by atoms with Crippen LogP contribution >= 0.6 is 0 Å². The van der Waals surface area contributed by atoms with Gasteiger partial charge in [0, 0.05) is 32.2 Å². The molecule has 1 N–H and O–H groups in total. The van der Waals surface area contributed by atoms with E-state index in [1.54, 1.807) is 6.07 Å². The van der Waals surface area contributed by atoms with Crippen LogP contribution in [0.1, 0.15) is 0 Å². The summed E-state index contributed by atoms with van der Waals surface area (Å²) in [6.45, 7) is 4.05. The molecule has 3 heteroatoms. The Morgan fingerprint density at radius 2 is 2.00 bits per heavy atom. The zero-order valence-corrected chi connectivity index (χ0v) is 8.40. The molecule has 0 aromatic heterocycles. The fourth-order valence-electron chi connectivity index (χ4n) is 1.72. The number of piperazine rings is 1. The molecule has 1 radical (unpaired) electrons. The molecule has 1 aliphatic rings. The molecule has 3 nitrogen and oxygen atoms in total. The van der Waals surface area contributed by atoms with Crippen LogP contribution in [0.2, 0.25) is 0 Å². The lowest BCUT2D eigenvalue weighted by atomic mass is 10.2. The SMILES string of the molecule is CN1CCN(c2ccc[c]c2O)CC1. The van der Waals surface area contributed by atoms with Crippen molar-refractivity contribution in [3.8, 4) is 5.75 Å². The molecule has 2 rings (SSSR count). The summed E-state index contributed by atoms with van der Waals surface area (Å²) in [6, 6.07) is 8.39. The van der Waals surface area contributed by atoms with Crippen LogP contribution in [0.5, 0.6) is 5.75 Å². The van der Waals surface area contributed by atoms with E-state index < -0.39 is 0 Å². The van der Waals surface area contributed by atoms with E-state index in [1.807, 2.05) is 12.1 Å². The van der Waals surface area contributed by atoms with Crippen molar-refractivity contribution in [1.82, 2.24) is 4.90 Å². The number of hydrogen-bond acceptors (Lipinski definition) is 3. The zero-order valence-electron chi connectivity index (χ0n) is 8.40. The molecule has 1 aromatic carbocycles. The first-order valence-corrected chi connectivity index (χ1v) is 4.90. The molecule has 0 amide bonds. The maximum Gasteiger partial charge on any atom is 0.146 e. The smallest absolute Gasteiger partial charge is 0.146 e. The van der Waals surface area contributed by atoms with Crippen LogP contribution in [0, 0.1) is 6.07 Å². The Kier molecular flexibility index (Phi) is 2.59. The van der Waals surface area contributed by atoms with Crippen molar-refractivity contribution in [2.45, 2.75) is 0 Å². The minimum Gasteiger partial charge on any atom is -0.505 e. The minimum atomic E-state index is 0.261. The molecule has 1 saturated heterocycles. The van der Waals surface area contributed by atoms with Crippen molar-refractivity contribution in [1.29, 1.82) is 0 Å². The van der Waals surface area contributed by atoms with Gasteiger partial charge in [-0.2, -0.15) is 0 Å². The molecular formula is C11H15N2O. The average molecular weight is 191 g/mol. The largest absolute Gasteiger partial charge is 0.505 e.